The second-order valence-electron chi connectivity index (χ2n) is 5.20. The first kappa shape index (κ1) is 18.7. The van der Waals surface area contributed by atoms with Crippen molar-refractivity contribution < 1.29 is 14.3 Å². The lowest BCUT2D eigenvalue weighted by Crippen LogP contribution is -2.22. The second kappa shape index (κ2) is 8.98. The molecule has 0 aromatic heterocycles. The van der Waals surface area contributed by atoms with Crippen molar-refractivity contribution in [3.05, 3.63) is 42.5 Å². The Kier molecular flexibility index (Phi) is 6.71. The van der Waals surface area contributed by atoms with Crippen molar-refractivity contribution in [2.24, 2.45) is 0 Å². The van der Waals surface area contributed by atoms with Gasteiger partial charge in [-0.1, -0.05) is 12.1 Å². The van der Waals surface area contributed by atoms with Crippen molar-refractivity contribution in [3.63, 3.8) is 0 Å². The van der Waals surface area contributed by atoms with Crippen LogP contribution in [0.15, 0.2) is 47.4 Å². The molecule has 132 valence electrons. The number of rotatable bonds is 7. The van der Waals surface area contributed by atoms with Crippen LogP contribution in [0, 0.1) is 0 Å². The summed E-state index contributed by atoms with van der Waals surface area (Å²) in [5.74, 6) is 0.124. The Morgan fingerprint density at radius 3 is 2.52 bits per heavy atom. The molecule has 0 saturated carbocycles. The summed E-state index contributed by atoms with van der Waals surface area (Å²) in [5, 5.41) is 8.60. The molecule has 0 heterocycles. The summed E-state index contributed by atoms with van der Waals surface area (Å²) in [6, 6.07) is 12.9. The maximum absolute atomic E-state index is 12.3. The van der Waals surface area contributed by atoms with Crippen molar-refractivity contribution in [3.8, 4) is 5.75 Å². The first-order chi connectivity index (χ1) is 12.0. The van der Waals surface area contributed by atoms with E-state index in [0.29, 0.717) is 17.1 Å². The van der Waals surface area contributed by atoms with Crippen LogP contribution < -0.4 is 20.7 Å². The van der Waals surface area contributed by atoms with E-state index < -0.39 is 0 Å². The lowest BCUT2D eigenvalue weighted by Gasteiger charge is -2.14. The molecule has 2 amide bonds. The van der Waals surface area contributed by atoms with Gasteiger partial charge in [-0.2, -0.15) is 0 Å². The minimum absolute atomic E-state index is 0.116. The zero-order chi connectivity index (χ0) is 18.2. The molecule has 0 aliphatic heterocycles. The molecule has 7 heteroatoms. The predicted octanol–water partition coefficient (Wildman–Crippen LogP) is 3.43. The van der Waals surface area contributed by atoms with Gasteiger partial charge in [0.15, 0.2) is 0 Å². The van der Waals surface area contributed by atoms with E-state index in [1.807, 2.05) is 30.5 Å². The van der Waals surface area contributed by atoms with Gasteiger partial charge in [-0.25, -0.2) is 0 Å². The Bertz CT molecular complexity index is 765. The number of amides is 2. The van der Waals surface area contributed by atoms with Crippen molar-refractivity contribution in [2.75, 3.05) is 35.9 Å². The van der Waals surface area contributed by atoms with Gasteiger partial charge >= 0.3 is 0 Å². The lowest BCUT2D eigenvalue weighted by atomic mass is 10.2. The van der Waals surface area contributed by atoms with Crippen LogP contribution in [-0.4, -0.2) is 31.7 Å². The highest BCUT2D eigenvalue weighted by atomic mass is 32.2. The number of hydrogen-bond acceptors (Lipinski definition) is 5. The molecule has 0 aliphatic rings. The molecule has 0 saturated heterocycles. The highest BCUT2D eigenvalue weighted by molar-refractivity contribution is 7.98. The van der Waals surface area contributed by atoms with Crippen LogP contribution in [0.25, 0.3) is 0 Å². The zero-order valence-corrected chi connectivity index (χ0v) is 15.2. The smallest absolute Gasteiger partial charge is 0.243 e. The molecule has 0 radical (unpaired) electrons. The summed E-state index contributed by atoms with van der Waals surface area (Å²) in [4.78, 5) is 24.5. The fourth-order valence-electron chi connectivity index (χ4n) is 2.25. The summed E-state index contributed by atoms with van der Waals surface area (Å²) in [7, 11) is 1.52. The molecule has 0 atom stereocenters. The predicted molar refractivity (Wildman–Crippen MR) is 103 cm³/mol. The number of thioether (sulfide) groups is 1. The number of ether oxygens (including phenoxy) is 1. The molecule has 0 aliphatic carbocycles. The van der Waals surface area contributed by atoms with Crippen LogP contribution in [0.5, 0.6) is 5.75 Å². The molecule has 2 aromatic rings. The molecule has 0 unspecified atom stereocenters. The Balaban J connectivity index is 2.05. The molecule has 25 heavy (non-hydrogen) atoms. The number of benzene rings is 2. The Morgan fingerprint density at radius 2 is 1.84 bits per heavy atom. The highest BCUT2D eigenvalue weighted by Crippen LogP contribution is 2.28. The van der Waals surface area contributed by atoms with Gasteiger partial charge in [0, 0.05) is 23.2 Å². The van der Waals surface area contributed by atoms with Crippen LogP contribution in [0.2, 0.25) is 0 Å². The maximum atomic E-state index is 12.3. The van der Waals surface area contributed by atoms with Crippen molar-refractivity contribution in [2.45, 2.75) is 11.8 Å². The van der Waals surface area contributed by atoms with Gasteiger partial charge in [0.2, 0.25) is 11.8 Å². The largest absolute Gasteiger partial charge is 0.495 e. The molecule has 2 rings (SSSR count). The van der Waals surface area contributed by atoms with Crippen LogP contribution in [0.1, 0.15) is 6.92 Å². The van der Waals surface area contributed by atoms with E-state index in [-0.39, 0.29) is 18.4 Å². The fraction of sp³-hybridized carbons (Fsp3) is 0.222. The van der Waals surface area contributed by atoms with E-state index in [1.54, 1.807) is 30.0 Å². The average molecular weight is 359 g/mol. The van der Waals surface area contributed by atoms with E-state index in [9.17, 15) is 9.59 Å². The van der Waals surface area contributed by atoms with Gasteiger partial charge in [0.05, 0.1) is 19.3 Å². The van der Waals surface area contributed by atoms with Gasteiger partial charge < -0.3 is 20.7 Å². The maximum Gasteiger partial charge on any atom is 0.243 e. The summed E-state index contributed by atoms with van der Waals surface area (Å²) in [6.07, 6.45) is 1.99. The van der Waals surface area contributed by atoms with Crippen LogP contribution in [0.4, 0.5) is 17.1 Å². The molecule has 2 aromatic carbocycles. The quantitative estimate of drug-likeness (QED) is 0.660. The summed E-state index contributed by atoms with van der Waals surface area (Å²) in [6.45, 7) is 1.54. The van der Waals surface area contributed by atoms with Gasteiger partial charge in [-0.05, 0) is 36.6 Å². The highest BCUT2D eigenvalue weighted by Gasteiger charge is 2.10. The first-order valence-electron chi connectivity index (χ1n) is 7.66. The number of carbonyl (C=O) groups is 2. The third-order valence-corrected chi connectivity index (χ3v) is 4.14. The number of nitrogens with one attached hydrogen (secondary N) is 3. The monoisotopic (exact) mass is 359 g/mol. The van der Waals surface area contributed by atoms with E-state index >= 15 is 0 Å². The number of hydrogen-bond donors (Lipinski definition) is 3. The van der Waals surface area contributed by atoms with Gasteiger partial charge in [-0.3, -0.25) is 9.59 Å². The third-order valence-electron chi connectivity index (χ3n) is 3.34. The van der Waals surface area contributed by atoms with Crippen molar-refractivity contribution in [1.29, 1.82) is 0 Å². The standard InChI is InChI=1S/C18H21N3O3S/c1-12(22)20-13-8-9-16(24-2)15(10-13)21-18(23)11-19-14-6-4-5-7-17(14)25-3/h4-10,19H,11H2,1-3H3,(H,20,22)(H,21,23). The Hall–Kier alpha value is -2.67. The zero-order valence-electron chi connectivity index (χ0n) is 14.4. The number of carbonyl (C=O) groups excluding carboxylic acids is 2. The number of methoxy groups -OCH3 is 1. The Morgan fingerprint density at radius 1 is 1.08 bits per heavy atom. The minimum atomic E-state index is -0.214. The molecule has 3 N–H and O–H groups in total. The minimum Gasteiger partial charge on any atom is -0.495 e. The first-order valence-corrected chi connectivity index (χ1v) is 8.88. The van der Waals surface area contributed by atoms with E-state index in [0.717, 1.165) is 10.6 Å². The lowest BCUT2D eigenvalue weighted by molar-refractivity contribution is -0.115. The second-order valence-corrected chi connectivity index (χ2v) is 6.05. The molecular weight excluding hydrogens is 338 g/mol. The molecule has 0 spiro atoms. The number of para-hydroxylation sites is 1. The van der Waals surface area contributed by atoms with E-state index in [1.165, 1.54) is 14.0 Å². The van der Waals surface area contributed by atoms with Crippen LogP contribution in [0.3, 0.4) is 0 Å². The normalized spacial score (nSPS) is 10.0. The molecular formula is C18H21N3O3S. The fourth-order valence-corrected chi connectivity index (χ4v) is 2.82. The van der Waals surface area contributed by atoms with Crippen molar-refractivity contribution in [1.82, 2.24) is 0 Å². The SMILES string of the molecule is COc1ccc(NC(C)=O)cc1NC(=O)CNc1ccccc1SC. The Labute approximate surface area is 151 Å². The van der Waals surface area contributed by atoms with E-state index in [2.05, 4.69) is 16.0 Å². The summed E-state index contributed by atoms with van der Waals surface area (Å²) >= 11 is 1.61. The van der Waals surface area contributed by atoms with Crippen LogP contribution >= 0.6 is 11.8 Å². The topological polar surface area (TPSA) is 79.5 Å². The average Bonchev–Trinajstić information content (AvgIpc) is 2.60. The molecule has 6 nitrogen and oxygen atoms in total. The third kappa shape index (κ3) is 5.42. The van der Waals surface area contributed by atoms with Gasteiger partial charge in [0.1, 0.15) is 5.75 Å². The van der Waals surface area contributed by atoms with Crippen molar-refractivity contribution >= 4 is 40.6 Å². The van der Waals surface area contributed by atoms with Gasteiger partial charge in [-0.15, -0.1) is 11.8 Å². The van der Waals surface area contributed by atoms with Crippen LogP contribution in [-0.2, 0) is 9.59 Å². The molecule has 0 bridgehead atoms. The molecule has 0 fully saturated rings. The summed E-state index contributed by atoms with van der Waals surface area (Å²) < 4.78 is 5.25. The van der Waals surface area contributed by atoms with E-state index in [4.69, 9.17) is 4.74 Å². The summed E-state index contributed by atoms with van der Waals surface area (Å²) in [5.41, 5.74) is 1.99. The number of anilines is 3. The van der Waals surface area contributed by atoms with Gasteiger partial charge in [0.25, 0.3) is 0 Å².